The highest BCUT2D eigenvalue weighted by Gasteiger charge is 2.26. The van der Waals surface area contributed by atoms with E-state index >= 15 is 0 Å². The molecule has 0 bridgehead atoms. The van der Waals surface area contributed by atoms with Crippen LogP contribution in [-0.2, 0) is 17.6 Å². The van der Waals surface area contributed by atoms with Crippen LogP contribution in [0.4, 0.5) is 5.00 Å². The number of amides is 2. The molecule has 2 amide bonds. The Balaban J connectivity index is 1.32. The summed E-state index contributed by atoms with van der Waals surface area (Å²) in [5, 5.41) is 13.3. The molecule has 1 N–H and O–H groups in total. The smallest absolute Gasteiger partial charge is 0.253 e. The van der Waals surface area contributed by atoms with E-state index in [1.54, 1.807) is 11.3 Å². The van der Waals surface area contributed by atoms with Crippen LogP contribution < -0.4 is 5.32 Å². The molecular formula is C23H26N4O2S. The van der Waals surface area contributed by atoms with Crippen molar-refractivity contribution >= 4 is 28.2 Å². The van der Waals surface area contributed by atoms with Crippen molar-refractivity contribution in [3.63, 3.8) is 0 Å². The van der Waals surface area contributed by atoms with Gasteiger partial charge in [-0.2, -0.15) is 5.26 Å². The summed E-state index contributed by atoms with van der Waals surface area (Å²) in [5.74, 6) is 0.568. The molecule has 1 aliphatic carbocycles. The summed E-state index contributed by atoms with van der Waals surface area (Å²) in [6, 6.07) is 11.6. The Morgan fingerprint density at radius 3 is 2.63 bits per heavy atom. The number of nitrogens with zero attached hydrogens (tertiary/aromatic N) is 3. The van der Waals surface area contributed by atoms with Gasteiger partial charge in [-0.1, -0.05) is 25.1 Å². The van der Waals surface area contributed by atoms with Crippen molar-refractivity contribution in [1.29, 1.82) is 5.26 Å². The Labute approximate surface area is 181 Å². The molecule has 0 spiro atoms. The Kier molecular flexibility index (Phi) is 6.16. The zero-order valence-electron chi connectivity index (χ0n) is 17.2. The topological polar surface area (TPSA) is 76.4 Å². The van der Waals surface area contributed by atoms with Gasteiger partial charge in [0.05, 0.1) is 12.1 Å². The van der Waals surface area contributed by atoms with Crippen LogP contribution in [-0.4, -0.2) is 54.3 Å². The molecule has 2 heterocycles. The Hall–Kier alpha value is -2.69. The number of piperazine rings is 1. The van der Waals surface area contributed by atoms with E-state index in [1.165, 1.54) is 4.88 Å². The third-order valence-electron chi connectivity index (χ3n) is 5.92. The molecule has 0 unspecified atom stereocenters. The second-order valence-corrected chi connectivity index (χ2v) is 9.26. The quantitative estimate of drug-likeness (QED) is 0.821. The number of nitrogens with one attached hydrogen (secondary N) is 1. The number of benzene rings is 1. The van der Waals surface area contributed by atoms with Crippen molar-refractivity contribution in [2.45, 2.75) is 26.2 Å². The average Bonchev–Trinajstić information content (AvgIpc) is 3.10. The summed E-state index contributed by atoms with van der Waals surface area (Å²) in [5.41, 5.74) is 2.47. The van der Waals surface area contributed by atoms with Crippen LogP contribution in [0.15, 0.2) is 30.3 Å². The summed E-state index contributed by atoms with van der Waals surface area (Å²) in [6.07, 6.45) is 3.00. The van der Waals surface area contributed by atoms with Gasteiger partial charge in [0.15, 0.2) is 0 Å². The number of fused-ring (bicyclic) bond motifs is 1. The van der Waals surface area contributed by atoms with E-state index in [-0.39, 0.29) is 18.4 Å². The SMILES string of the molecule is C[C@@H]1CCc2c(sc(NC(=O)CN3CCN(C(=O)c4ccccc4)CC3)c2C#N)C1. The lowest BCUT2D eigenvalue weighted by molar-refractivity contribution is -0.117. The predicted molar refractivity (Wildman–Crippen MR) is 118 cm³/mol. The van der Waals surface area contributed by atoms with Crippen molar-refractivity contribution in [2.24, 2.45) is 5.92 Å². The van der Waals surface area contributed by atoms with Crippen LogP contribution in [0.25, 0.3) is 0 Å². The molecular weight excluding hydrogens is 396 g/mol. The van der Waals surface area contributed by atoms with Crippen molar-refractivity contribution in [1.82, 2.24) is 9.80 Å². The lowest BCUT2D eigenvalue weighted by atomic mass is 9.89. The number of rotatable bonds is 4. The number of anilines is 1. The normalized spacial score (nSPS) is 19.1. The van der Waals surface area contributed by atoms with E-state index in [1.807, 2.05) is 35.2 Å². The van der Waals surface area contributed by atoms with E-state index < -0.39 is 0 Å². The third-order valence-corrected chi connectivity index (χ3v) is 7.09. The second-order valence-electron chi connectivity index (χ2n) is 8.15. The molecule has 2 aliphatic rings. The maximum atomic E-state index is 12.6. The fraction of sp³-hybridized carbons (Fsp3) is 0.435. The van der Waals surface area contributed by atoms with E-state index in [9.17, 15) is 14.9 Å². The highest BCUT2D eigenvalue weighted by Crippen LogP contribution is 2.39. The first-order valence-electron chi connectivity index (χ1n) is 10.5. The minimum absolute atomic E-state index is 0.0387. The molecule has 30 heavy (non-hydrogen) atoms. The van der Waals surface area contributed by atoms with Crippen LogP contribution in [0.2, 0.25) is 0 Å². The third kappa shape index (κ3) is 4.40. The van der Waals surface area contributed by atoms with Gasteiger partial charge in [-0.3, -0.25) is 14.5 Å². The standard InChI is InChI=1S/C23H26N4O2S/c1-16-7-8-18-19(14-24)22(30-20(18)13-16)25-21(28)15-26-9-11-27(12-10-26)23(29)17-5-3-2-4-6-17/h2-6,16H,7-13,15H2,1H3,(H,25,28)/t16-/m1/s1. The van der Waals surface area contributed by atoms with Gasteiger partial charge in [0.2, 0.25) is 5.91 Å². The van der Waals surface area contributed by atoms with Gasteiger partial charge in [0.1, 0.15) is 11.1 Å². The minimum Gasteiger partial charge on any atom is -0.336 e. The molecule has 1 saturated heterocycles. The zero-order chi connectivity index (χ0) is 21.1. The lowest BCUT2D eigenvalue weighted by Crippen LogP contribution is -2.50. The molecule has 0 radical (unpaired) electrons. The van der Waals surface area contributed by atoms with Gasteiger partial charge in [-0.25, -0.2) is 0 Å². The first-order valence-corrected chi connectivity index (χ1v) is 11.3. The molecule has 0 saturated carbocycles. The van der Waals surface area contributed by atoms with E-state index in [0.717, 1.165) is 24.8 Å². The molecule has 2 aromatic rings. The maximum Gasteiger partial charge on any atom is 0.253 e. The summed E-state index contributed by atoms with van der Waals surface area (Å²) in [4.78, 5) is 30.3. The van der Waals surface area contributed by atoms with Gasteiger partial charge in [0.25, 0.3) is 5.91 Å². The van der Waals surface area contributed by atoms with Crippen LogP contribution in [0, 0.1) is 17.2 Å². The molecule has 1 aromatic carbocycles. The minimum atomic E-state index is -0.0963. The molecule has 4 rings (SSSR count). The number of hydrogen-bond donors (Lipinski definition) is 1. The van der Waals surface area contributed by atoms with Crippen LogP contribution >= 0.6 is 11.3 Å². The van der Waals surface area contributed by atoms with Gasteiger partial charge < -0.3 is 10.2 Å². The van der Waals surface area contributed by atoms with Gasteiger partial charge in [-0.05, 0) is 42.9 Å². The first-order chi connectivity index (χ1) is 14.5. The van der Waals surface area contributed by atoms with Crippen molar-refractivity contribution in [3.8, 4) is 6.07 Å². The lowest BCUT2D eigenvalue weighted by Gasteiger charge is -2.34. The second kappa shape index (κ2) is 8.99. The van der Waals surface area contributed by atoms with Gasteiger partial charge in [-0.15, -0.1) is 11.3 Å². The number of carbonyl (C=O) groups is 2. The zero-order valence-corrected chi connectivity index (χ0v) is 18.0. The monoisotopic (exact) mass is 422 g/mol. The highest BCUT2D eigenvalue weighted by molar-refractivity contribution is 7.16. The Morgan fingerprint density at radius 2 is 1.93 bits per heavy atom. The van der Waals surface area contributed by atoms with Crippen LogP contribution in [0.3, 0.4) is 0 Å². The van der Waals surface area contributed by atoms with E-state index in [4.69, 9.17) is 0 Å². The maximum absolute atomic E-state index is 12.6. The Bertz CT molecular complexity index is 971. The molecule has 1 atom stereocenters. The molecule has 1 aromatic heterocycles. The molecule has 6 nitrogen and oxygen atoms in total. The summed E-state index contributed by atoms with van der Waals surface area (Å²) in [7, 11) is 0. The Morgan fingerprint density at radius 1 is 1.20 bits per heavy atom. The first kappa shape index (κ1) is 20.6. The van der Waals surface area contributed by atoms with E-state index in [2.05, 4.69) is 23.2 Å². The van der Waals surface area contributed by atoms with Crippen molar-refractivity contribution < 1.29 is 9.59 Å². The van der Waals surface area contributed by atoms with Crippen LogP contribution in [0.1, 0.15) is 39.7 Å². The number of thiophene rings is 1. The molecule has 1 aliphatic heterocycles. The van der Waals surface area contributed by atoms with E-state index in [0.29, 0.717) is 48.2 Å². The van der Waals surface area contributed by atoms with Gasteiger partial charge >= 0.3 is 0 Å². The number of hydrogen-bond acceptors (Lipinski definition) is 5. The number of nitriles is 1. The molecule has 7 heteroatoms. The predicted octanol–water partition coefficient (Wildman–Crippen LogP) is 3.14. The fourth-order valence-electron chi connectivity index (χ4n) is 4.20. The van der Waals surface area contributed by atoms with Crippen molar-refractivity contribution in [3.05, 3.63) is 51.9 Å². The summed E-state index contributed by atoms with van der Waals surface area (Å²) in [6.45, 7) is 5.04. The highest BCUT2D eigenvalue weighted by atomic mass is 32.1. The summed E-state index contributed by atoms with van der Waals surface area (Å²) >= 11 is 1.56. The summed E-state index contributed by atoms with van der Waals surface area (Å²) < 4.78 is 0. The molecule has 156 valence electrons. The fourth-order valence-corrected chi connectivity index (χ4v) is 5.58. The number of carbonyl (C=O) groups excluding carboxylic acids is 2. The van der Waals surface area contributed by atoms with Crippen molar-refractivity contribution in [2.75, 3.05) is 38.0 Å². The molecule has 1 fully saturated rings. The van der Waals surface area contributed by atoms with Gasteiger partial charge in [0, 0.05) is 36.6 Å². The average molecular weight is 423 g/mol. The largest absolute Gasteiger partial charge is 0.336 e. The van der Waals surface area contributed by atoms with Crippen LogP contribution in [0.5, 0.6) is 0 Å².